The summed E-state index contributed by atoms with van der Waals surface area (Å²) in [6.07, 6.45) is 0.0454. The van der Waals surface area contributed by atoms with Gasteiger partial charge < -0.3 is 9.47 Å². The number of esters is 2. The molecule has 1 aromatic carbocycles. The number of halogens is 1. The molecule has 1 unspecified atom stereocenters. The van der Waals surface area contributed by atoms with Crippen LogP contribution in [0.5, 0.6) is 0 Å². The highest BCUT2D eigenvalue weighted by Gasteiger charge is 2.48. The third-order valence-corrected chi connectivity index (χ3v) is 3.32. The molecule has 6 nitrogen and oxygen atoms in total. The Bertz CT molecular complexity index is 599. The molecule has 1 aromatic rings. The Morgan fingerprint density at radius 3 is 2.38 bits per heavy atom. The second-order valence-electron chi connectivity index (χ2n) is 4.77. The van der Waals surface area contributed by atoms with Gasteiger partial charge in [-0.05, 0) is 31.2 Å². The second-order valence-corrected chi connectivity index (χ2v) is 4.77. The predicted octanol–water partition coefficient (Wildman–Crippen LogP) is 1.50. The molecule has 1 aliphatic heterocycles. The summed E-state index contributed by atoms with van der Waals surface area (Å²) in [5.74, 6) is -1.57. The van der Waals surface area contributed by atoms with E-state index in [1.54, 1.807) is 6.92 Å². The van der Waals surface area contributed by atoms with Crippen molar-refractivity contribution in [1.82, 2.24) is 0 Å². The summed E-state index contributed by atoms with van der Waals surface area (Å²) in [4.78, 5) is 23.7. The smallest absolute Gasteiger partial charge is 0.354 e. The van der Waals surface area contributed by atoms with Gasteiger partial charge in [-0.1, -0.05) is 0 Å². The number of methoxy groups -OCH3 is 2. The maximum absolute atomic E-state index is 13.0. The van der Waals surface area contributed by atoms with Gasteiger partial charge in [0.25, 0.3) is 0 Å². The van der Waals surface area contributed by atoms with Gasteiger partial charge >= 0.3 is 11.9 Å². The van der Waals surface area contributed by atoms with Crippen LogP contribution >= 0.6 is 0 Å². The summed E-state index contributed by atoms with van der Waals surface area (Å²) in [6.45, 7) is 1.60. The van der Waals surface area contributed by atoms with Crippen molar-refractivity contribution in [2.45, 2.75) is 18.9 Å². The molecule has 0 saturated heterocycles. The van der Waals surface area contributed by atoms with Gasteiger partial charge in [0.05, 0.1) is 19.9 Å². The van der Waals surface area contributed by atoms with Crippen molar-refractivity contribution in [2.24, 2.45) is 5.10 Å². The summed E-state index contributed by atoms with van der Waals surface area (Å²) < 4.78 is 22.5. The van der Waals surface area contributed by atoms with Crippen molar-refractivity contribution < 1.29 is 23.5 Å². The molecule has 0 spiro atoms. The maximum Gasteiger partial charge on any atom is 0.354 e. The van der Waals surface area contributed by atoms with E-state index in [1.807, 2.05) is 0 Å². The van der Waals surface area contributed by atoms with Crippen molar-refractivity contribution in [3.63, 3.8) is 0 Å². The van der Waals surface area contributed by atoms with Crippen LogP contribution < -0.4 is 5.01 Å². The standard InChI is InChI=1S/C14H15FN2O4/c1-14(13(19)21-3)8-11(12(18)20-2)16-17(14)10-6-4-9(15)5-7-10/h4-7H,8H2,1-3H3. The first-order valence-electron chi connectivity index (χ1n) is 6.22. The fourth-order valence-electron chi connectivity index (χ4n) is 2.20. The van der Waals surface area contributed by atoms with Crippen LogP contribution in [0.15, 0.2) is 29.4 Å². The molecule has 1 atom stereocenters. The molecule has 2 rings (SSSR count). The number of hydrogen-bond donors (Lipinski definition) is 0. The number of anilines is 1. The topological polar surface area (TPSA) is 68.2 Å². The van der Waals surface area contributed by atoms with Crippen molar-refractivity contribution in [1.29, 1.82) is 0 Å². The minimum atomic E-state index is -1.18. The lowest BCUT2D eigenvalue weighted by molar-refractivity contribution is -0.146. The average Bonchev–Trinajstić information content (AvgIpc) is 2.85. The van der Waals surface area contributed by atoms with Gasteiger partial charge in [-0.15, -0.1) is 0 Å². The Hall–Kier alpha value is -2.44. The molecule has 0 amide bonds. The SMILES string of the molecule is COC(=O)C1=NN(c2ccc(F)cc2)C(C)(C(=O)OC)C1. The second kappa shape index (κ2) is 5.51. The summed E-state index contributed by atoms with van der Waals surface area (Å²) in [7, 11) is 2.49. The van der Waals surface area contributed by atoms with Crippen LogP contribution in [0, 0.1) is 5.82 Å². The van der Waals surface area contributed by atoms with Crippen molar-refractivity contribution in [2.75, 3.05) is 19.2 Å². The van der Waals surface area contributed by atoms with Gasteiger partial charge in [-0.3, -0.25) is 0 Å². The zero-order chi connectivity index (χ0) is 15.6. The quantitative estimate of drug-likeness (QED) is 0.790. The molecule has 0 aromatic heterocycles. The van der Waals surface area contributed by atoms with E-state index in [1.165, 1.54) is 43.5 Å². The van der Waals surface area contributed by atoms with E-state index in [0.717, 1.165) is 0 Å². The van der Waals surface area contributed by atoms with Crippen LogP contribution in [0.1, 0.15) is 13.3 Å². The highest BCUT2D eigenvalue weighted by molar-refractivity contribution is 6.38. The summed E-state index contributed by atoms with van der Waals surface area (Å²) in [6, 6.07) is 5.44. The number of rotatable bonds is 3. The Morgan fingerprint density at radius 2 is 1.86 bits per heavy atom. The molecule has 1 aliphatic rings. The van der Waals surface area contributed by atoms with E-state index < -0.39 is 23.3 Å². The largest absolute Gasteiger partial charge is 0.467 e. The third-order valence-electron chi connectivity index (χ3n) is 3.32. The molecule has 0 bridgehead atoms. The van der Waals surface area contributed by atoms with E-state index in [4.69, 9.17) is 4.74 Å². The highest BCUT2D eigenvalue weighted by Crippen LogP contribution is 2.34. The van der Waals surface area contributed by atoms with E-state index in [0.29, 0.717) is 5.69 Å². The number of hydrogen-bond acceptors (Lipinski definition) is 6. The van der Waals surface area contributed by atoms with Gasteiger partial charge in [0, 0.05) is 6.42 Å². The monoisotopic (exact) mass is 294 g/mol. The zero-order valence-electron chi connectivity index (χ0n) is 11.9. The first kappa shape index (κ1) is 15.0. The maximum atomic E-state index is 13.0. The number of ether oxygens (including phenoxy) is 2. The molecule has 7 heteroatoms. The Labute approximate surface area is 121 Å². The molecule has 1 heterocycles. The van der Waals surface area contributed by atoms with E-state index in [-0.39, 0.29) is 12.1 Å². The lowest BCUT2D eigenvalue weighted by Crippen LogP contribution is -2.48. The van der Waals surface area contributed by atoms with Crippen LogP contribution in [0.2, 0.25) is 0 Å². The number of benzene rings is 1. The Balaban J connectivity index is 2.45. The van der Waals surface area contributed by atoms with Gasteiger partial charge in [-0.2, -0.15) is 5.10 Å². The lowest BCUT2D eigenvalue weighted by Gasteiger charge is -2.31. The fourth-order valence-corrected chi connectivity index (χ4v) is 2.20. The molecule has 0 saturated carbocycles. The Morgan fingerprint density at radius 1 is 1.24 bits per heavy atom. The van der Waals surface area contributed by atoms with Crippen LogP contribution in [-0.4, -0.2) is 37.4 Å². The van der Waals surface area contributed by atoms with Gasteiger partial charge in [0.15, 0.2) is 5.54 Å². The predicted molar refractivity (Wildman–Crippen MR) is 73.4 cm³/mol. The number of hydrazone groups is 1. The fraction of sp³-hybridized carbons (Fsp3) is 0.357. The summed E-state index contributed by atoms with van der Waals surface area (Å²) in [5.41, 5.74) is -0.603. The van der Waals surface area contributed by atoms with E-state index in [2.05, 4.69) is 9.84 Å². The van der Waals surface area contributed by atoms with Crippen molar-refractivity contribution in [3.8, 4) is 0 Å². The highest BCUT2D eigenvalue weighted by atomic mass is 19.1. The minimum absolute atomic E-state index is 0.0454. The number of carbonyl (C=O) groups excluding carboxylic acids is 2. The van der Waals surface area contributed by atoms with Crippen molar-refractivity contribution >= 4 is 23.3 Å². The molecule has 0 N–H and O–H groups in total. The molecule has 0 radical (unpaired) electrons. The summed E-state index contributed by atoms with van der Waals surface area (Å²) in [5, 5.41) is 5.48. The zero-order valence-corrected chi connectivity index (χ0v) is 11.9. The minimum Gasteiger partial charge on any atom is -0.467 e. The molecule has 21 heavy (non-hydrogen) atoms. The summed E-state index contributed by atoms with van der Waals surface area (Å²) >= 11 is 0. The molecule has 0 fully saturated rings. The lowest BCUT2D eigenvalue weighted by atomic mass is 9.95. The normalized spacial score (nSPS) is 21.0. The van der Waals surface area contributed by atoms with Crippen LogP contribution in [0.3, 0.4) is 0 Å². The van der Waals surface area contributed by atoms with E-state index in [9.17, 15) is 14.0 Å². The van der Waals surface area contributed by atoms with Crippen molar-refractivity contribution in [3.05, 3.63) is 30.1 Å². The molecular formula is C14H15FN2O4. The average molecular weight is 294 g/mol. The van der Waals surface area contributed by atoms with Gasteiger partial charge in [-0.25, -0.2) is 19.0 Å². The van der Waals surface area contributed by atoms with E-state index >= 15 is 0 Å². The molecule has 112 valence electrons. The van der Waals surface area contributed by atoms with Crippen LogP contribution in [-0.2, 0) is 19.1 Å². The number of carbonyl (C=O) groups is 2. The first-order chi connectivity index (χ1) is 9.92. The van der Waals surface area contributed by atoms with Crippen LogP contribution in [0.4, 0.5) is 10.1 Å². The van der Waals surface area contributed by atoms with Gasteiger partial charge in [0.1, 0.15) is 11.5 Å². The first-order valence-corrected chi connectivity index (χ1v) is 6.22. The van der Waals surface area contributed by atoms with Gasteiger partial charge in [0.2, 0.25) is 0 Å². The Kier molecular flexibility index (Phi) is 3.93. The number of nitrogens with zero attached hydrogens (tertiary/aromatic N) is 2. The molecule has 0 aliphatic carbocycles. The molecular weight excluding hydrogens is 279 g/mol. The third kappa shape index (κ3) is 2.58. The van der Waals surface area contributed by atoms with Crippen LogP contribution in [0.25, 0.3) is 0 Å².